The van der Waals surface area contributed by atoms with Gasteiger partial charge in [-0.15, -0.1) is 13.2 Å². The zero-order chi connectivity index (χ0) is 98.0. The van der Waals surface area contributed by atoms with Crippen molar-refractivity contribution in [1.29, 1.82) is 0 Å². The van der Waals surface area contributed by atoms with Gasteiger partial charge in [0, 0.05) is 86.2 Å². The maximum atomic E-state index is 14.4. The first kappa shape index (κ1) is 107. The molecule has 0 bridgehead atoms. The second kappa shape index (κ2) is 49.0. The number of nitro benzene ring substituents is 1. The summed E-state index contributed by atoms with van der Waals surface area (Å²) in [6.45, 7) is 29.3. The van der Waals surface area contributed by atoms with Crippen LogP contribution in [-0.2, 0) is 106 Å². The molecule has 7 fully saturated rings. The number of halogens is 4. The molecule has 4 aliphatic carbocycles. The number of ether oxygens (including phenoxy) is 7. The molecular formula is C106H136Cl2F2N7O19Ru-. The molecule has 5 aromatic carbocycles. The maximum absolute atomic E-state index is 14.4. The average Bonchev–Trinajstić information content (AvgIpc) is 1.58. The van der Waals surface area contributed by atoms with Gasteiger partial charge >= 0.3 is 148 Å². The van der Waals surface area contributed by atoms with E-state index >= 15 is 0 Å². The fraction of sp³-hybridized carbons (Fsp3) is 0.547. The number of anilines is 2. The van der Waals surface area contributed by atoms with Crippen LogP contribution in [0.5, 0.6) is 5.75 Å². The number of ketones is 2. The minimum absolute atomic E-state index is 0. The topological polar surface area (TPSA) is 298 Å². The molecule has 0 N–H and O–H groups in total. The second-order valence-corrected chi connectivity index (χ2v) is 44.2. The summed E-state index contributed by atoms with van der Waals surface area (Å²) in [5.41, 5.74) is 11.7. The number of non-ortho nitro benzene ring substituents is 1. The predicted molar refractivity (Wildman–Crippen MR) is 518 cm³/mol. The zero-order valence-electron chi connectivity index (χ0n) is 80.0. The number of rotatable bonds is 27. The Bertz CT molecular complexity index is 5200. The van der Waals surface area contributed by atoms with Crippen LogP contribution in [0.25, 0.3) is 0 Å². The van der Waals surface area contributed by atoms with Gasteiger partial charge in [-0.05, 0) is 202 Å². The van der Waals surface area contributed by atoms with Gasteiger partial charge in [0.25, 0.3) is 0 Å². The molecule has 4 saturated carbocycles. The number of hydrogen-bond donors (Lipinski definition) is 0. The van der Waals surface area contributed by atoms with Gasteiger partial charge < -0.3 is 48.0 Å². The number of allylic oxidation sites excluding steroid dienone is 4. The number of Topliss-reactive ketones (excluding diaryl/α,β-unsaturated/α-hetero) is 2. The third-order valence-corrected chi connectivity index (χ3v) is 29.7. The van der Waals surface area contributed by atoms with Gasteiger partial charge in [-0.1, -0.05) is 117 Å². The van der Waals surface area contributed by atoms with E-state index in [9.17, 15) is 66.8 Å². The number of fused-ring (bicyclic) bond motifs is 4. The van der Waals surface area contributed by atoms with E-state index in [4.69, 9.17) is 52.5 Å². The third kappa shape index (κ3) is 27.5. The Morgan fingerprint density at radius 2 is 1.21 bits per heavy atom. The van der Waals surface area contributed by atoms with Crippen molar-refractivity contribution in [2.75, 3.05) is 50.2 Å². The van der Waals surface area contributed by atoms with Gasteiger partial charge in [-0.25, -0.2) is 18.4 Å². The van der Waals surface area contributed by atoms with Crippen molar-refractivity contribution >= 4 is 100 Å². The fourth-order valence-corrected chi connectivity index (χ4v) is 22.8. The first-order chi connectivity index (χ1) is 65.0. The summed E-state index contributed by atoms with van der Waals surface area (Å²) in [6, 6.07) is 21.0. The molecule has 746 valence electrons. The second-order valence-electron chi connectivity index (χ2n) is 38.4. The predicted octanol–water partition coefficient (Wildman–Crippen LogP) is 20.7. The van der Waals surface area contributed by atoms with E-state index in [1.54, 1.807) is 41.0 Å². The van der Waals surface area contributed by atoms with Crippen LogP contribution in [0.3, 0.4) is 0 Å². The van der Waals surface area contributed by atoms with E-state index in [0.717, 1.165) is 109 Å². The van der Waals surface area contributed by atoms with E-state index in [0.29, 0.717) is 65.7 Å². The van der Waals surface area contributed by atoms with Gasteiger partial charge in [0.15, 0.2) is 11.6 Å². The number of nitro groups is 1. The molecule has 6 aliphatic heterocycles. The quantitative estimate of drug-likeness (QED) is 0.00689. The number of aryl methyl sites for hydroxylation is 6. The monoisotopic (exact) mass is 2020 g/mol. The summed E-state index contributed by atoms with van der Waals surface area (Å²) in [4.78, 5) is 156. The van der Waals surface area contributed by atoms with Gasteiger partial charge in [-0.3, -0.25) is 48.2 Å². The van der Waals surface area contributed by atoms with Crippen molar-refractivity contribution in [3.8, 4) is 5.75 Å². The zero-order valence-corrected chi connectivity index (χ0v) is 83.3. The Hall–Kier alpha value is -10.2. The number of carbonyl (C=O) groups excluding carboxylic acids is 10. The molecule has 137 heavy (non-hydrogen) atoms. The van der Waals surface area contributed by atoms with Crippen molar-refractivity contribution in [2.45, 2.75) is 299 Å². The van der Waals surface area contributed by atoms with Crippen LogP contribution in [0.4, 0.5) is 35.4 Å². The Labute approximate surface area is 818 Å². The Morgan fingerprint density at radius 3 is 1.73 bits per heavy atom. The van der Waals surface area contributed by atoms with Crippen LogP contribution >= 0.6 is 19.4 Å². The van der Waals surface area contributed by atoms with E-state index in [-0.39, 0.29) is 150 Å². The van der Waals surface area contributed by atoms with Crippen molar-refractivity contribution in [3.05, 3.63) is 206 Å². The number of esters is 4. The number of methoxy groups -OCH3 is 2. The van der Waals surface area contributed by atoms with E-state index in [2.05, 4.69) is 102 Å². The van der Waals surface area contributed by atoms with E-state index < -0.39 is 107 Å². The Kier molecular flexibility index (Phi) is 38.4. The minimum atomic E-state index is -2.05. The molecule has 26 nitrogen and oxygen atoms in total. The number of hydrogen-bond acceptors (Lipinski definition) is 21. The molecule has 31 heteroatoms. The van der Waals surface area contributed by atoms with Crippen molar-refractivity contribution in [3.63, 3.8) is 0 Å². The normalized spacial score (nSPS) is 23.2. The molecule has 15 rings (SSSR count). The summed E-state index contributed by atoms with van der Waals surface area (Å²) >= 11 is -2.05. The third-order valence-electron chi connectivity index (χ3n) is 27.9. The molecule has 2 unspecified atom stereocenters. The van der Waals surface area contributed by atoms with Crippen LogP contribution < -0.4 is 14.5 Å². The van der Waals surface area contributed by atoms with Gasteiger partial charge in [0.1, 0.15) is 36.1 Å². The molecule has 0 spiro atoms. The number of likely N-dealkylation sites (tertiary alicyclic amines) is 1. The number of nitrogens with zero attached hydrogens (tertiary/aromatic N) is 7. The maximum Gasteiger partial charge on any atom is 0.410 e. The summed E-state index contributed by atoms with van der Waals surface area (Å²) in [6.07, 6.45) is 19.7. The Morgan fingerprint density at radius 1 is 0.657 bits per heavy atom. The first-order valence-electron chi connectivity index (χ1n) is 47.9. The van der Waals surface area contributed by atoms with Gasteiger partial charge in [0.05, 0.1) is 76.2 Å². The summed E-state index contributed by atoms with van der Waals surface area (Å²) in [7, 11) is 14.2. The molecule has 10 aliphatic rings. The number of amides is 4. The fourth-order valence-electron chi connectivity index (χ4n) is 21.0. The standard InChI is InChI=1S/C38H49FN2O8.C36H45FN2O8.C21H27N2.C10H11NO3.CH4.2ClH.Ru/c1-4-6-7-8-9-13-25(18-34(43)48-28-15-10-11-16-28)35(44)41-23-29(49-37(46)40-22-26-14-12-17-31(39)30(26)24-40)19-32(41)33(42)21-38(36(45)47-3)20-27(38)5-2;1-45-34(43)36-18-25(36)12-6-4-2-3-5-10-23(16-32(41)46-26-13-7-8-14-26)33(42)39-21-27(17-30(39)31(40)19-36)47-35(44)38-20-24-11-9-15-29(37)28(24)22-38;1-14-9-16(3)20(17(4)10-14)22-7-8-23(13-22)21-18(5)11-15(2)12-19(21)6;1-7(2)14-10-5-4-9(11(12)13)6-8(10)3;;;;/h4-5,12,14,17,25,27-29,32H,1-2,6-11,13,15-16,18-24H2,3H3;6,9,11-12,15,23,25-27,30H,2-5,7-8,10,13-14,16-22H2,1H3;9-13H,7-8H2,1-6H3;3-7H,1-2H3;1H4;2*1H;/q;;-1;;;;;+2/p-2/b;12-6-;;;;;;/t25-,27-,29-,32?,38-;23-,25-,27-,30?,36-;;;;;;/m11....../s1. The van der Waals surface area contributed by atoms with Gasteiger partial charge in [0.2, 0.25) is 11.8 Å². The van der Waals surface area contributed by atoms with Crippen LogP contribution in [-0.4, -0.2) is 172 Å². The molecule has 4 amide bonds. The molecule has 0 radical (unpaired) electrons. The van der Waals surface area contributed by atoms with E-state index in [1.807, 2.05) is 26.0 Å². The average molecular weight is 2020 g/mol. The molecule has 5 aromatic rings. The Balaban J connectivity index is 0.000000189. The molecule has 3 saturated heterocycles. The van der Waals surface area contributed by atoms with Crippen molar-refractivity contribution in [2.24, 2.45) is 34.5 Å². The van der Waals surface area contributed by atoms with Crippen LogP contribution in [0.15, 0.2) is 116 Å². The molecule has 0 aromatic heterocycles. The molecule has 10 atom stereocenters. The molecular weight excluding hydrogens is 1890 g/mol. The largest absolute Gasteiger partial charge is 0.502 e. The van der Waals surface area contributed by atoms with Crippen LogP contribution in [0.2, 0.25) is 0 Å². The van der Waals surface area contributed by atoms with E-state index in [1.165, 1.54) is 103 Å². The number of benzene rings is 5. The molecule has 6 heterocycles. The number of carbonyl (C=O) groups is 10. The summed E-state index contributed by atoms with van der Waals surface area (Å²) in [5.74, 6) is -5.12. The van der Waals surface area contributed by atoms with Crippen molar-refractivity contribution < 1.29 is 108 Å². The minimum Gasteiger partial charge on any atom is -0.502 e. The smallest absolute Gasteiger partial charge is 0.410 e. The first-order valence-corrected chi connectivity index (χ1v) is 53.4. The SMILES string of the molecule is C.C=CCCCCC[C@H](CC(=O)OC1CCCC1)C(=O)N1C[C@H](OC(=O)N2Cc3cccc(F)c3C2)CC1C(=O)C[C@]1(C(=O)OC)C[C@H]1C=C.CC(C)Oc1ccc([N+](=O)[O-])cc1[CH]=[Ru]([Cl])[Cl].COC(=O)[C@]12CC(=O)C3C[C@@H](OC(=O)N4Cc5cccc(F)c5C4)CN3C(=O)[C@@H](CC(=O)OC3CCCC3)CCCCC/C=C\[C@@H]1C2.Cc1cc(C)c(N2[CH-]N(c3c(C)cc(C)cc3C)CC2)c(C)c1. The van der Waals surface area contributed by atoms with Crippen LogP contribution in [0.1, 0.15) is 249 Å². The number of unbranched alkanes of at least 4 members (excludes halogenated alkanes) is 3. The summed E-state index contributed by atoms with van der Waals surface area (Å²) < 4.78 is 69.3. The van der Waals surface area contributed by atoms with Gasteiger partial charge in [-0.2, -0.15) is 6.67 Å². The van der Waals surface area contributed by atoms with Crippen molar-refractivity contribution in [1.82, 2.24) is 19.6 Å². The van der Waals surface area contributed by atoms with Crippen LogP contribution in [0, 0.1) is 104 Å². The summed E-state index contributed by atoms with van der Waals surface area (Å²) in [5, 5.41) is 10.7.